The molecule has 7 heteroatoms. The summed E-state index contributed by atoms with van der Waals surface area (Å²) in [5.41, 5.74) is 1.74. The fourth-order valence-corrected chi connectivity index (χ4v) is 6.07. The van der Waals surface area contributed by atoms with Crippen molar-refractivity contribution in [1.29, 1.82) is 0 Å². The molecule has 0 aromatic heterocycles. The number of carbonyl (C=O) groups is 4. The summed E-state index contributed by atoms with van der Waals surface area (Å²) in [5.74, 6) is -1.30. The Kier molecular flexibility index (Phi) is 6.17. The Morgan fingerprint density at radius 1 is 0.943 bits per heavy atom. The van der Waals surface area contributed by atoms with Gasteiger partial charge in [0.05, 0.1) is 23.5 Å². The summed E-state index contributed by atoms with van der Waals surface area (Å²) in [7, 11) is 0. The van der Waals surface area contributed by atoms with E-state index in [0.717, 1.165) is 24.8 Å². The number of likely N-dealkylation sites (tertiary alicyclic amines) is 1. The summed E-state index contributed by atoms with van der Waals surface area (Å²) in [6, 6.07) is 14.9. The number of nitrogens with one attached hydrogen (secondary N) is 1. The number of hydrogen-bond donors (Lipinski definition) is 1. The molecule has 182 valence electrons. The van der Waals surface area contributed by atoms with Crippen LogP contribution < -0.4 is 5.32 Å². The van der Waals surface area contributed by atoms with Crippen molar-refractivity contribution in [3.05, 3.63) is 65.7 Å². The lowest BCUT2D eigenvalue weighted by atomic mass is 9.81. The highest BCUT2D eigenvalue weighted by atomic mass is 16.5. The van der Waals surface area contributed by atoms with Gasteiger partial charge >= 0.3 is 5.97 Å². The zero-order valence-electron chi connectivity index (χ0n) is 20.0. The van der Waals surface area contributed by atoms with Crippen LogP contribution in [0.15, 0.2) is 54.6 Å². The van der Waals surface area contributed by atoms with E-state index in [-0.39, 0.29) is 48.0 Å². The molecule has 0 spiro atoms. The second-order valence-corrected chi connectivity index (χ2v) is 10.2. The van der Waals surface area contributed by atoms with Crippen LogP contribution in [0, 0.1) is 23.7 Å². The predicted molar refractivity (Wildman–Crippen MR) is 129 cm³/mol. The van der Waals surface area contributed by atoms with Crippen LogP contribution in [0.1, 0.15) is 49.0 Å². The molecule has 3 aliphatic rings. The highest BCUT2D eigenvalue weighted by Gasteiger charge is 2.62. The molecule has 2 aromatic rings. The van der Waals surface area contributed by atoms with E-state index in [1.54, 1.807) is 38.1 Å². The largest absolute Gasteiger partial charge is 0.459 e. The molecular formula is C28H30N2O5. The van der Waals surface area contributed by atoms with Gasteiger partial charge in [0.1, 0.15) is 6.04 Å². The summed E-state index contributed by atoms with van der Waals surface area (Å²) < 4.78 is 5.20. The number of imide groups is 1. The summed E-state index contributed by atoms with van der Waals surface area (Å²) in [6.07, 6.45) is 2.94. The van der Waals surface area contributed by atoms with Crippen LogP contribution in [0.25, 0.3) is 0 Å². The monoisotopic (exact) mass is 474 g/mol. The first kappa shape index (κ1) is 23.3. The van der Waals surface area contributed by atoms with Gasteiger partial charge in [0.2, 0.25) is 17.7 Å². The van der Waals surface area contributed by atoms with E-state index in [1.807, 2.05) is 30.3 Å². The number of nitrogens with zero attached hydrogens (tertiary/aromatic N) is 1. The normalized spacial score (nSPS) is 25.6. The standard InChI is InChI=1S/C28H30N2O5/c1-16(2)35-28(34)18-10-12-21(13-11-18)29-25(31)22(14-17-6-4-3-5-7-17)30-26(32)23-19-8-9-20(15-19)24(23)27(30)33/h3-7,10-13,16,19-20,22-24H,8-9,14-15H2,1-2H3,(H,29,31)/t19-,20+,22-,23-,24+/m0/s1. The van der Waals surface area contributed by atoms with Crippen molar-refractivity contribution in [2.75, 3.05) is 5.32 Å². The quantitative estimate of drug-likeness (QED) is 0.486. The minimum atomic E-state index is -0.937. The number of anilines is 1. The lowest BCUT2D eigenvalue weighted by Gasteiger charge is -2.27. The Balaban J connectivity index is 1.38. The molecule has 2 bridgehead atoms. The molecule has 1 N–H and O–H groups in total. The molecule has 1 saturated heterocycles. The maximum Gasteiger partial charge on any atom is 0.338 e. The molecule has 5 atom stereocenters. The third kappa shape index (κ3) is 4.35. The van der Waals surface area contributed by atoms with E-state index in [2.05, 4.69) is 5.32 Å². The Labute approximate surface area is 204 Å². The number of esters is 1. The second kappa shape index (κ2) is 9.29. The second-order valence-electron chi connectivity index (χ2n) is 10.2. The smallest absolute Gasteiger partial charge is 0.338 e. The topological polar surface area (TPSA) is 92.8 Å². The third-order valence-corrected chi connectivity index (χ3v) is 7.58. The van der Waals surface area contributed by atoms with Crippen molar-refractivity contribution < 1.29 is 23.9 Å². The zero-order chi connectivity index (χ0) is 24.7. The first-order chi connectivity index (χ1) is 16.8. The Bertz CT molecular complexity index is 1120. The Hall–Kier alpha value is -3.48. The number of fused-ring (bicyclic) bond motifs is 5. The maximum absolute atomic E-state index is 13.5. The number of hydrogen-bond acceptors (Lipinski definition) is 5. The highest BCUT2D eigenvalue weighted by molar-refractivity contribution is 6.10. The first-order valence-corrected chi connectivity index (χ1v) is 12.4. The van der Waals surface area contributed by atoms with E-state index in [4.69, 9.17) is 4.74 Å². The van der Waals surface area contributed by atoms with Gasteiger partial charge < -0.3 is 10.1 Å². The molecule has 0 unspecified atom stereocenters. The molecular weight excluding hydrogens is 444 g/mol. The van der Waals surface area contributed by atoms with E-state index >= 15 is 0 Å². The van der Waals surface area contributed by atoms with Crippen molar-refractivity contribution in [2.45, 2.75) is 51.7 Å². The zero-order valence-corrected chi connectivity index (χ0v) is 20.0. The minimum Gasteiger partial charge on any atom is -0.459 e. The molecule has 2 aliphatic carbocycles. The Morgan fingerprint density at radius 2 is 1.54 bits per heavy atom. The Morgan fingerprint density at radius 3 is 2.11 bits per heavy atom. The van der Waals surface area contributed by atoms with Crippen LogP contribution in [-0.2, 0) is 25.5 Å². The van der Waals surface area contributed by atoms with Gasteiger partial charge in [0, 0.05) is 12.1 Å². The number of carbonyl (C=O) groups excluding carboxylic acids is 4. The molecule has 7 nitrogen and oxygen atoms in total. The molecule has 2 aromatic carbocycles. The predicted octanol–water partition coefficient (Wildman–Crippen LogP) is 3.83. The molecule has 2 saturated carbocycles. The maximum atomic E-state index is 13.5. The van der Waals surface area contributed by atoms with Crippen LogP contribution in [0.5, 0.6) is 0 Å². The van der Waals surface area contributed by atoms with Crippen molar-refractivity contribution in [3.63, 3.8) is 0 Å². The van der Waals surface area contributed by atoms with E-state index in [1.165, 1.54) is 4.90 Å². The van der Waals surface area contributed by atoms with Crippen LogP contribution in [0.4, 0.5) is 5.69 Å². The van der Waals surface area contributed by atoms with Gasteiger partial charge in [-0.3, -0.25) is 19.3 Å². The fourth-order valence-electron chi connectivity index (χ4n) is 6.07. The summed E-state index contributed by atoms with van der Waals surface area (Å²) in [5, 5.41) is 2.85. The van der Waals surface area contributed by atoms with Crippen molar-refractivity contribution in [1.82, 2.24) is 4.90 Å². The number of benzene rings is 2. The van der Waals surface area contributed by atoms with Crippen molar-refractivity contribution >= 4 is 29.4 Å². The molecule has 35 heavy (non-hydrogen) atoms. The third-order valence-electron chi connectivity index (χ3n) is 7.58. The lowest BCUT2D eigenvalue weighted by molar-refractivity contribution is -0.147. The van der Waals surface area contributed by atoms with Crippen molar-refractivity contribution in [3.8, 4) is 0 Å². The highest BCUT2D eigenvalue weighted by Crippen LogP contribution is 2.56. The van der Waals surface area contributed by atoms with Gasteiger partial charge in [0.15, 0.2) is 0 Å². The minimum absolute atomic E-state index is 0.199. The molecule has 3 amide bonds. The van der Waals surface area contributed by atoms with Crippen molar-refractivity contribution in [2.24, 2.45) is 23.7 Å². The number of ether oxygens (including phenoxy) is 1. The summed E-state index contributed by atoms with van der Waals surface area (Å²) >= 11 is 0. The van der Waals surface area contributed by atoms with E-state index in [0.29, 0.717) is 11.3 Å². The molecule has 1 heterocycles. The van der Waals surface area contributed by atoms with Gasteiger partial charge in [-0.15, -0.1) is 0 Å². The fraction of sp³-hybridized carbons (Fsp3) is 0.429. The molecule has 3 fully saturated rings. The van der Waals surface area contributed by atoms with Gasteiger partial charge in [0.25, 0.3) is 0 Å². The average molecular weight is 475 g/mol. The van der Waals surface area contributed by atoms with Gasteiger partial charge in [-0.1, -0.05) is 30.3 Å². The van der Waals surface area contributed by atoms with Crippen LogP contribution in [-0.4, -0.2) is 40.7 Å². The summed E-state index contributed by atoms with van der Waals surface area (Å²) in [6.45, 7) is 3.56. The number of amides is 3. The molecule has 0 radical (unpaired) electrons. The summed E-state index contributed by atoms with van der Waals surface area (Å²) in [4.78, 5) is 53.8. The molecule has 1 aliphatic heterocycles. The van der Waals surface area contributed by atoms with E-state index < -0.39 is 17.9 Å². The number of rotatable bonds is 7. The van der Waals surface area contributed by atoms with Crippen LogP contribution in [0.3, 0.4) is 0 Å². The van der Waals surface area contributed by atoms with E-state index in [9.17, 15) is 19.2 Å². The van der Waals surface area contributed by atoms with Gasteiger partial charge in [-0.05, 0) is 74.8 Å². The average Bonchev–Trinajstić information content (AvgIpc) is 3.52. The van der Waals surface area contributed by atoms with Crippen LogP contribution in [0.2, 0.25) is 0 Å². The van der Waals surface area contributed by atoms with Gasteiger partial charge in [-0.2, -0.15) is 0 Å². The first-order valence-electron chi connectivity index (χ1n) is 12.4. The SMILES string of the molecule is CC(C)OC(=O)c1ccc(NC(=O)[C@H](Cc2ccccc2)N2C(=O)[C@@H]3[C@@H]4CC[C@@H](C4)[C@@H]3C2=O)cc1. The van der Waals surface area contributed by atoms with Gasteiger partial charge in [-0.25, -0.2) is 4.79 Å². The molecule has 5 rings (SSSR count). The lowest BCUT2D eigenvalue weighted by Crippen LogP contribution is -2.49. The van der Waals surface area contributed by atoms with Crippen LogP contribution >= 0.6 is 0 Å².